The van der Waals surface area contributed by atoms with E-state index in [-0.39, 0.29) is 0 Å². The first-order chi connectivity index (χ1) is 7.66. The van der Waals surface area contributed by atoms with E-state index in [2.05, 4.69) is 20.5 Å². The van der Waals surface area contributed by atoms with E-state index in [0.29, 0.717) is 0 Å². The molecule has 0 aliphatic carbocycles. The van der Waals surface area contributed by atoms with Gasteiger partial charge in [0.2, 0.25) is 0 Å². The van der Waals surface area contributed by atoms with Crippen molar-refractivity contribution in [2.24, 2.45) is 0 Å². The van der Waals surface area contributed by atoms with Gasteiger partial charge in [0.1, 0.15) is 0 Å². The highest BCUT2D eigenvalue weighted by Gasteiger charge is 2.05. The molecule has 0 saturated heterocycles. The SMILES string of the molecule is Cc1ncc(CNCc2c(C)n[nH]c2C)s1. The highest BCUT2D eigenvalue weighted by atomic mass is 32.1. The van der Waals surface area contributed by atoms with Crippen LogP contribution in [-0.4, -0.2) is 15.2 Å². The van der Waals surface area contributed by atoms with Crippen LogP contribution >= 0.6 is 11.3 Å². The minimum Gasteiger partial charge on any atom is -0.308 e. The number of nitrogens with zero attached hydrogens (tertiary/aromatic N) is 2. The van der Waals surface area contributed by atoms with Gasteiger partial charge in [-0.2, -0.15) is 5.10 Å². The smallest absolute Gasteiger partial charge is 0.0897 e. The van der Waals surface area contributed by atoms with E-state index in [1.165, 1.54) is 10.4 Å². The molecule has 0 atom stereocenters. The molecule has 2 heterocycles. The van der Waals surface area contributed by atoms with E-state index in [1.54, 1.807) is 11.3 Å². The summed E-state index contributed by atoms with van der Waals surface area (Å²) in [7, 11) is 0. The number of aromatic amines is 1. The normalized spacial score (nSPS) is 10.9. The number of hydrogen-bond acceptors (Lipinski definition) is 4. The van der Waals surface area contributed by atoms with Gasteiger partial charge in [0, 0.05) is 35.4 Å². The molecule has 0 spiro atoms. The van der Waals surface area contributed by atoms with Crippen molar-refractivity contribution in [2.45, 2.75) is 33.9 Å². The maximum Gasteiger partial charge on any atom is 0.0897 e. The first-order valence-electron chi connectivity index (χ1n) is 5.29. The Kier molecular flexibility index (Phi) is 3.36. The molecule has 5 heteroatoms. The van der Waals surface area contributed by atoms with Crippen LogP contribution in [0.3, 0.4) is 0 Å². The number of nitrogens with one attached hydrogen (secondary N) is 2. The monoisotopic (exact) mass is 236 g/mol. The summed E-state index contributed by atoms with van der Waals surface area (Å²) >= 11 is 1.74. The first-order valence-corrected chi connectivity index (χ1v) is 6.11. The van der Waals surface area contributed by atoms with E-state index < -0.39 is 0 Å². The van der Waals surface area contributed by atoms with Crippen molar-refractivity contribution in [3.8, 4) is 0 Å². The van der Waals surface area contributed by atoms with Crippen LogP contribution in [0.4, 0.5) is 0 Å². The molecule has 0 unspecified atom stereocenters. The molecule has 0 amide bonds. The quantitative estimate of drug-likeness (QED) is 0.854. The number of H-pyrrole nitrogens is 1. The second kappa shape index (κ2) is 4.76. The lowest BCUT2D eigenvalue weighted by molar-refractivity contribution is 0.694. The standard InChI is InChI=1S/C11H16N4S/c1-7-11(8(2)15-14-7)6-12-4-10-5-13-9(3)16-10/h5,12H,4,6H2,1-3H3,(H,14,15). The number of aromatic nitrogens is 3. The predicted molar refractivity (Wildman–Crippen MR) is 65.5 cm³/mol. The van der Waals surface area contributed by atoms with Gasteiger partial charge in [0.05, 0.1) is 10.7 Å². The number of thiazole rings is 1. The number of aryl methyl sites for hydroxylation is 3. The summed E-state index contributed by atoms with van der Waals surface area (Å²) in [4.78, 5) is 5.50. The number of rotatable bonds is 4. The third kappa shape index (κ3) is 2.48. The molecule has 0 aliphatic heterocycles. The predicted octanol–water partition coefficient (Wildman–Crippen LogP) is 2.08. The van der Waals surface area contributed by atoms with Crippen LogP contribution in [0.2, 0.25) is 0 Å². The van der Waals surface area contributed by atoms with Gasteiger partial charge in [-0.25, -0.2) is 4.98 Å². The van der Waals surface area contributed by atoms with Crippen molar-refractivity contribution in [2.75, 3.05) is 0 Å². The van der Waals surface area contributed by atoms with Gasteiger partial charge in [-0.15, -0.1) is 11.3 Å². The Morgan fingerprint density at radius 2 is 2.12 bits per heavy atom. The maximum atomic E-state index is 4.23. The summed E-state index contributed by atoms with van der Waals surface area (Å²) in [5.74, 6) is 0. The summed E-state index contributed by atoms with van der Waals surface area (Å²) in [6, 6.07) is 0. The second-order valence-electron chi connectivity index (χ2n) is 3.86. The molecule has 2 rings (SSSR count). The molecule has 86 valence electrons. The van der Waals surface area contributed by atoms with Crippen molar-refractivity contribution in [1.82, 2.24) is 20.5 Å². The van der Waals surface area contributed by atoms with Crippen molar-refractivity contribution in [3.63, 3.8) is 0 Å². The fourth-order valence-corrected chi connectivity index (χ4v) is 2.40. The third-order valence-electron chi connectivity index (χ3n) is 2.55. The Balaban J connectivity index is 1.89. The Morgan fingerprint density at radius 3 is 2.69 bits per heavy atom. The summed E-state index contributed by atoms with van der Waals surface area (Å²) in [5, 5.41) is 11.7. The van der Waals surface area contributed by atoms with Crippen molar-refractivity contribution in [3.05, 3.63) is 33.0 Å². The fraction of sp³-hybridized carbons (Fsp3) is 0.455. The molecule has 0 radical (unpaired) electrons. The fourth-order valence-electron chi connectivity index (χ4n) is 1.63. The third-order valence-corrected chi connectivity index (χ3v) is 3.46. The van der Waals surface area contributed by atoms with E-state index in [9.17, 15) is 0 Å². The summed E-state index contributed by atoms with van der Waals surface area (Å²) < 4.78 is 0. The lowest BCUT2D eigenvalue weighted by Gasteiger charge is -2.02. The van der Waals surface area contributed by atoms with E-state index >= 15 is 0 Å². The largest absolute Gasteiger partial charge is 0.308 e. The van der Waals surface area contributed by atoms with Gasteiger partial charge >= 0.3 is 0 Å². The summed E-state index contributed by atoms with van der Waals surface area (Å²) in [6.07, 6.45) is 1.93. The number of hydrogen-bond donors (Lipinski definition) is 2. The van der Waals surface area contributed by atoms with Crippen LogP contribution in [0.1, 0.15) is 26.8 Å². The van der Waals surface area contributed by atoms with Gasteiger partial charge in [-0.05, 0) is 20.8 Å². The molecule has 4 nitrogen and oxygen atoms in total. The van der Waals surface area contributed by atoms with Gasteiger partial charge in [0.15, 0.2) is 0 Å². The Hall–Kier alpha value is -1.20. The lowest BCUT2D eigenvalue weighted by atomic mass is 10.2. The molecular weight excluding hydrogens is 220 g/mol. The lowest BCUT2D eigenvalue weighted by Crippen LogP contribution is -2.12. The van der Waals surface area contributed by atoms with Crippen LogP contribution in [0.25, 0.3) is 0 Å². The maximum absolute atomic E-state index is 4.23. The van der Waals surface area contributed by atoms with Crippen LogP contribution in [0, 0.1) is 20.8 Å². The highest BCUT2D eigenvalue weighted by Crippen LogP contribution is 2.12. The van der Waals surface area contributed by atoms with Crippen LogP contribution in [0.5, 0.6) is 0 Å². The van der Waals surface area contributed by atoms with Crippen molar-refractivity contribution in [1.29, 1.82) is 0 Å². The molecule has 0 bridgehead atoms. The average Bonchev–Trinajstić information content (AvgIpc) is 2.78. The summed E-state index contributed by atoms with van der Waals surface area (Å²) in [6.45, 7) is 7.82. The molecule has 0 aliphatic rings. The highest BCUT2D eigenvalue weighted by molar-refractivity contribution is 7.11. The van der Waals surface area contributed by atoms with Crippen molar-refractivity contribution < 1.29 is 0 Å². The zero-order valence-electron chi connectivity index (χ0n) is 9.79. The molecule has 2 N–H and O–H groups in total. The topological polar surface area (TPSA) is 53.6 Å². The zero-order valence-corrected chi connectivity index (χ0v) is 10.6. The van der Waals surface area contributed by atoms with E-state index in [4.69, 9.17) is 0 Å². The van der Waals surface area contributed by atoms with Gasteiger partial charge in [0.25, 0.3) is 0 Å². The first kappa shape index (κ1) is 11.3. The Labute approximate surface area is 99.1 Å². The molecular formula is C11H16N4S. The average molecular weight is 236 g/mol. The van der Waals surface area contributed by atoms with Crippen LogP contribution in [-0.2, 0) is 13.1 Å². The van der Waals surface area contributed by atoms with Gasteiger partial charge in [-0.3, -0.25) is 5.10 Å². The molecule has 0 fully saturated rings. The van der Waals surface area contributed by atoms with E-state index in [0.717, 1.165) is 29.5 Å². The Morgan fingerprint density at radius 1 is 1.31 bits per heavy atom. The van der Waals surface area contributed by atoms with Gasteiger partial charge < -0.3 is 5.32 Å². The minimum absolute atomic E-state index is 0.852. The molecule has 0 saturated carbocycles. The molecule has 16 heavy (non-hydrogen) atoms. The summed E-state index contributed by atoms with van der Waals surface area (Å²) in [5.41, 5.74) is 3.48. The molecule has 2 aromatic rings. The second-order valence-corrected chi connectivity index (χ2v) is 5.18. The zero-order chi connectivity index (χ0) is 11.5. The van der Waals surface area contributed by atoms with Crippen molar-refractivity contribution >= 4 is 11.3 Å². The van der Waals surface area contributed by atoms with Gasteiger partial charge in [-0.1, -0.05) is 0 Å². The van der Waals surface area contributed by atoms with Crippen LogP contribution in [0.15, 0.2) is 6.20 Å². The Bertz CT molecular complexity index is 453. The molecule has 2 aromatic heterocycles. The van der Waals surface area contributed by atoms with Crippen LogP contribution < -0.4 is 5.32 Å². The van der Waals surface area contributed by atoms with E-state index in [1.807, 2.05) is 27.0 Å². The molecule has 0 aromatic carbocycles. The minimum atomic E-state index is 0.852.